The van der Waals surface area contributed by atoms with E-state index in [0.717, 1.165) is 12.8 Å². The van der Waals surface area contributed by atoms with Crippen LogP contribution in [0.3, 0.4) is 0 Å². The minimum atomic E-state index is -0.171. The number of nitrogens with two attached hydrogens (primary N) is 1. The second kappa shape index (κ2) is 5.52. The fourth-order valence-corrected chi connectivity index (χ4v) is 0.986. The molecule has 0 rings (SSSR count). The van der Waals surface area contributed by atoms with Gasteiger partial charge in [-0.3, -0.25) is 0 Å². The van der Waals surface area contributed by atoms with Crippen LogP contribution in [0.1, 0.15) is 26.7 Å². The first-order valence-electron chi connectivity index (χ1n) is 4.07. The molecule has 0 radical (unpaired) electrons. The van der Waals surface area contributed by atoms with Crippen molar-refractivity contribution in [2.75, 3.05) is 20.4 Å². The van der Waals surface area contributed by atoms with Crippen molar-refractivity contribution >= 4 is 0 Å². The Morgan fingerprint density at radius 3 is 2.09 bits per heavy atom. The zero-order chi connectivity index (χ0) is 8.74. The molecule has 0 saturated heterocycles. The number of hydrogen-bond acceptors (Lipinski definition) is 3. The van der Waals surface area contributed by atoms with Crippen LogP contribution in [-0.4, -0.2) is 26.0 Å². The largest absolute Gasteiger partial charge is 0.359 e. The smallest absolute Gasteiger partial charge is 0.147 e. The maximum atomic E-state index is 5.59. The molecule has 0 spiro atoms. The molecule has 0 aromatic rings. The van der Waals surface area contributed by atoms with E-state index in [4.69, 9.17) is 15.2 Å². The first kappa shape index (κ1) is 10.9. The van der Waals surface area contributed by atoms with E-state index in [1.807, 2.05) is 0 Å². The highest BCUT2D eigenvalue weighted by atomic mass is 16.7. The molecule has 0 heterocycles. The van der Waals surface area contributed by atoms with Gasteiger partial charge >= 0.3 is 0 Å². The van der Waals surface area contributed by atoms with Gasteiger partial charge < -0.3 is 15.2 Å². The summed E-state index contributed by atoms with van der Waals surface area (Å²) in [5.74, 6) is 0. The Bertz CT molecular complexity index is 83.8. The Morgan fingerprint density at radius 1 is 1.27 bits per heavy atom. The maximum absolute atomic E-state index is 5.59. The molecule has 0 aromatic carbocycles. The number of hydrogen-bond donors (Lipinski definition) is 1. The van der Waals surface area contributed by atoms with E-state index in [1.54, 1.807) is 7.11 Å². The fourth-order valence-electron chi connectivity index (χ4n) is 0.986. The van der Waals surface area contributed by atoms with Gasteiger partial charge in [0.15, 0.2) is 0 Å². The summed E-state index contributed by atoms with van der Waals surface area (Å²) in [5.41, 5.74) is 5.42. The predicted molar refractivity (Wildman–Crippen MR) is 45.3 cm³/mol. The van der Waals surface area contributed by atoms with Crippen LogP contribution >= 0.6 is 0 Å². The quantitative estimate of drug-likeness (QED) is 0.594. The Balaban J connectivity index is 3.84. The zero-order valence-corrected chi connectivity index (χ0v) is 7.72. The topological polar surface area (TPSA) is 44.5 Å². The molecule has 11 heavy (non-hydrogen) atoms. The molecule has 0 bridgehead atoms. The van der Waals surface area contributed by atoms with Crippen molar-refractivity contribution in [3.63, 3.8) is 0 Å². The van der Waals surface area contributed by atoms with E-state index < -0.39 is 0 Å². The van der Waals surface area contributed by atoms with Crippen LogP contribution in [0.4, 0.5) is 0 Å². The molecule has 0 aliphatic carbocycles. The molecule has 0 aliphatic heterocycles. The van der Waals surface area contributed by atoms with Gasteiger partial charge in [0.1, 0.15) is 6.79 Å². The monoisotopic (exact) mass is 161 g/mol. The van der Waals surface area contributed by atoms with Crippen LogP contribution in [0, 0.1) is 0 Å². The summed E-state index contributed by atoms with van der Waals surface area (Å²) in [4.78, 5) is 0. The normalized spacial score (nSPS) is 12.0. The molecule has 3 nitrogen and oxygen atoms in total. The lowest BCUT2D eigenvalue weighted by Crippen LogP contribution is -2.40. The summed E-state index contributed by atoms with van der Waals surface area (Å²) in [6, 6.07) is 0. The van der Waals surface area contributed by atoms with Gasteiger partial charge in [-0.05, 0) is 12.8 Å². The maximum Gasteiger partial charge on any atom is 0.147 e. The van der Waals surface area contributed by atoms with Crippen LogP contribution < -0.4 is 5.73 Å². The highest BCUT2D eigenvalue weighted by Gasteiger charge is 2.24. The minimum absolute atomic E-state index is 0.171. The minimum Gasteiger partial charge on any atom is -0.359 e. The highest BCUT2D eigenvalue weighted by Crippen LogP contribution is 2.18. The Labute approximate surface area is 68.9 Å². The molecule has 0 aromatic heterocycles. The SMILES string of the molecule is CCC(CC)(CN)OCOC. The summed E-state index contributed by atoms with van der Waals surface area (Å²) < 4.78 is 10.3. The molecule has 0 atom stereocenters. The third-order valence-electron chi connectivity index (χ3n) is 2.14. The standard InChI is InChI=1S/C8H19NO2/c1-4-8(5-2,6-9)11-7-10-3/h4-7,9H2,1-3H3. The molecule has 0 fully saturated rings. The molecule has 68 valence electrons. The van der Waals surface area contributed by atoms with Crippen LogP contribution in [-0.2, 0) is 9.47 Å². The van der Waals surface area contributed by atoms with Crippen LogP contribution in [0.2, 0.25) is 0 Å². The zero-order valence-electron chi connectivity index (χ0n) is 7.72. The average Bonchev–Trinajstić information content (AvgIpc) is 2.08. The summed E-state index contributed by atoms with van der Waals surface area (Å²) in [6.45, 7) is 5.04. The predicted octanol–water partition coefficient (Wildman–Crippen LogP) is 1.12. The first-order chi connectivity index (χ1) is 5.24. The van der Waals surface area contributed by atoms with Gasteiger partial charge in [-0.1, -0.05) is 13.8 Å². The molecule has 0 aliphatic rings. The van der Waals surface area contributed by atoms with E-state index in [2.05, 4.69) is 13.8 Å². The van der Waals surface area contributed by atoms with E-state index in [9.17, 15) is 0 Å². The molecule has 0 saturated carbocycles. The van der Waals surface area contributed by atoms with E-state index in [1.165, 1.54) is 0 Å². The van der Waals surface area contributed by atoms with E-state index in [-0.39, 0.29) is 5.60 Å². The number of ether oxygens (including phenoxy) is 2. The van der Waals surface area contributed by atoms with Crippen molar-refractivity contribution in [1.82, 2.24) is 0 Å². The molecule has 0 unspecified atom stereocenters. The van der Waals surface area contributed by atoms with E-state index >= 15 is 0 Å². The van der Waals surface area contributed by atoms with Crippen molar-refractivity contribution in [2.45, 2.75) is 32.3 Å². The Morgan fingerprint density at radius 2 is 1.82 bits per heavy atom. The fraction of sp³-hybridized carbons (Fsp3) is 1.00. The second-order valence-corrected chi connectivity index (χ2v) is 2.65. The molecule has 0 amide bonds. The first-order valence-corrected chi connectivity index (χ1v) is 4.07. The lowest BCUT2D eigenvalue weighted by atomic mass is 9.98. The summed E-state index contributed by atoms with van der Waals surface area (Å²) >= 11 is 0. The van der Waals surface area contributed by atoms with Gasteiger partial charge in [-0.25, -0.2) is 0 Å². The average molecular weight is 161 g/mol. The van der Waals surface area contributed by atoms with Crippen molar-refractivity contribution in [2.24, 2.45) is 5.73 Å². The van der Waals surface area contributed by atoms with Gasteiger partial charge in [-0.15, -0.1) is 0 Å². The van der Waals surface area contributed by atoms with Crippen molar-refractivity contribution in [3.8, 4) is 0 Å². The molecular formula is C8H19NO2. The van der Waals surface area contributed by atoms with Crippen LogP contribution in [0.5, 0.6) is 0 Å². The summed E-state index contributed by atoms with van der Waals surface area (Å²) in [5, 5.41) is 0. The Hall–Kier alpha value is -0.120. The molecular weight excluding hydrogens is 142 g/mol. The van der Waals surface area contributed by atoms with Gasteiger partial charge in [0, 0.05) is 13.7 Å². The third-order valence-corrected chi connectivity index (χ3v) is 2.14. The number of methoxy groups -OCH3 is 1. The van der Waals surface area contributed by atoms with Gasteiger partial charge in [-0.2, -0.15) is 0 Å². The lowest BCUT2D eigenvalue weighted by molar-refractivity contribution is -0.129. The summed E-state index contributed by atoms with van der Waals surface area (Å²) in [7, 11) is 1.62. The van der Waals surface area contributed by atoms with E-state index in [0.29, 0.717) is 13.3 Å². The third kappa shape index (κ3) is 3.18. The molecule has 2 N–H and O–H groups in total. The van der Waals surface area contributed by atoms with Crippen LogP contribution in [0.25, 0.3) is 0 Å². The van der Waals surface area contributed by atoms with Crippen molar-refractivity contribution in [3.05, 3.63) is 0 Å². The van der Waals surface area contributed by atoms with Crippen LogP contribution in [0.15, 0.2) is 0 Å². The van der Waals surface area contributed by atoms with Crippen molar-refractivity contribution < 1.29 is 9.47 Å². The number of rotatable bonds is 6. The molecule has 3 heteroatoms. The lowest BCUT2D eigenvalue weighted by Gasteiger charge is -2.29. The highest BCUT2D eigenvalue weighted by molar-refractivity contribution is 4.77. The van der Waals surface area contributed by atoms with Gasteiger partial charge in [0.2, 0.25) is 0 Å². The summed E-state index contributed by atoms with van der Waals surface area (Å²) in [6.07, 6.45) is 1.87. The van der Waals surface area contributed by atoms with Gasteiger partial charge in [0.05, 0.1) is 5.60 Å². The van der Waals surface area contributed by atoms with Gasteiger partial charge in [0.25, 0.3) is 0 Å². The Kier molecular flexibility index (Phi) is 5.46. The second-order valence-electron chi connectivity index (χ2n) is 2.65. The van der Waals surface area contributed by atoms with Crippen molar-refractivity contribution in [1.29, 1.82) is 0 Å².